The van der Waals surface area contributed by atoms with Crippen molar-refractivity contribution in [2.75, 3.05) is 17.1 Å². The lowest BCUT2D eigenvalue weighted by molar-refractivity contribution is 0.411. The first-order chi connectivity index (χ1) is 13.0. The molecule has 8 heteroatoms. The van der Waals surface area contributed by atoms with Crippen molar-refractivity contribution in [1.82, 2.24) is 9.97 Å². The van der Waals surface area contributed by atoms with Gasteiger partial charge in [-0.15, -0.1) is 0 Å². The van der Waals surface area contributed by atoms with Crippen LogP contribution < -0.4 is 14.8 Å². The first kappa shape index (κ1) is 18.7. The fourth-order valence-corrected chi connectivity index (χ4v) is 3.60. The number of methoxy groups -OCH3 is 1. The van der Waals surface area contributed by atoms with E-state index >= 15 is 0 Å². The molecule has 0 spiro atoms. The molecule has 2 heterocycles. The Morgan fingerprint density at radius 2 is 1.93 bits per heavy atom. The van der Waals surface area contributed by atoms with Gasteiger partial charge in [0, 0.05) is 6.20 Å². The Morgan fingerprint density at radius 3 is 2.56 bits per heavy atom. The summed E-state index contributed by atoms with van der Waals surface area (Å²) in [5.74, 6) is 1.27. The first-order valence-corrected chi connectivity index (χ1v) is 9.73. The Bertz CT molecular complexity index is 1010. The molecule has 0 fully saturated rings. The van der Waals surface area contributed by atoms with Gasteiger partial charge in [0.05, 0.1) is 36.1 Å². The normalized spacial score (nSPS) is 11.0. The van der Waals surface area contributed by atoms with Crippen molar-refractivity contribution in [3.05, 3.63) is 72.2 Å². The predicted octanol–water partition coefficient (Wildman–Crippen LogP) is 3.21. The van der Waals surface area contributed by atoms with Gasteiger partial charge >= 0.3 is 0 Å². The van der Waals surface area contributed by atoms with E-state index in [1.54, 1.807) is 44.5 Å². The van der Waals surface area contributed by atoms with E-state index in [-0.39, 0.29) is 4.90 Å². The number of anilines is 2. The number of sulfonamides is 1. The zero-order valence-electron chi connectivity index (χ0n) is 15.0. The third kappa shape index (κ3) is 4.73. The maximum Gasteiger partial charge on any atom is 0.261 e. The molecule has 140 valence electrons. The fourth-order valence-electron chi connectivity index (χ4n) is 2.47. The standard InChI is InChI=1S/C19H20N4O3S/c1-14-11-17(7-8-18(14)26-2)27(24,25)23-16-6-9-19(22-13-16)21-12-15-5-3-4-10-20-15/h3-11,13,23H,12H2,1-2H3,(H,21,22). The van der Waals surface area contributed by atoms with Crippen LogP contribution in [0.15, 0.2) is 65.8 Å². The molecule has 0 aliphatic carbocycles. The average Bonchev–Trinajstić information content (AvgIpc) is 2.68. The average molecular weight is 384 g/mol. The Kier molecular flexibility index (Phi) is 5.56. The van der Waals surface area contributed by atoms with Crippen molar-refractivity contribution >= 4 is 21.5 Å². The Hall–Kier alpha value is -3.13. The summed E-state index contributed by atoms with van der Waals surface area (Å²) in [6.07, 6.45) is 3.19. The molecule has 0 bridgehead atoms. The number of benzene rings is 1. The molecule has 0 unspecified atom stereocenters. The number of aryl methyl sites for hydroxylation is 1. The summed E-state index contributed by atoms with van der Waals surface area (Å²) in [4.78, 5) is 8.62. The minimum absolute atomic E-state index is 0.165. The van der Waals surface area contributed by atoms with Crippen molar-refractivity contribution in [2.24, 2.45) is 0 Å². The van der Waals surface area contributed by atoms with Crippen LogP contribution in [0.3, 0.4) is 0 Å². The molecule has 2 N–H and O–H groups in total. The van der Waals surface area contributed by atoms with Gasteiger partial charge in [-0.25, -0.2) is 13.4 Å². The highest BCUT2D eigenvalue weighted by molar-refractivity contribution is 7.92. The second-order valence-electron chi connectivity index (χ2n) is 5.84. The minimum Gasteiger partial charge on any atom is -0.496 e. The summed E-state index contributed by atoms with van der Waals surface area (Å²) < 4.78 is 32.8. The molecule has 3 rings (SSSR count). The van der Waals surface area contributed by atoms with Crippen LogP contribution in [-0.2, 0) is 16.6 Å². The van der Waals surface area contributed by atoms with Crippen molar-refractivity contribution < 1.29 is 13.2 Å². The SMILES string of the molecule is COc1ccc(S(=O)(=O)Nc2ccc(NCc3ccccn3)nc2)cc1C. The largest absolute Gasteiger partial charge is 0.496 e. The Labute approximate surface area is 158 Å². The third-order valence-electron chi connectivity index (χ3n) is 3.87. The molecule has 0 amide bonds. The van der Waals surface area contributed by atoms with Crippen LogP contribution in [0.4, 0.5) is 11.5 Å². The number of rotatable bonds is 7. The summed E-state index contributed by atoms with van der Waals surface area (Å²) in [6, 6.07) is 13.7. The van der Waals surface area contributed by atoms with E-state index in [4.69, 9.17) is 4.74 Å². The molecule has 0 radical (unpaired) electrons. The highest BCUT2D eigenvalue weighted by Crippen LogP contribution is 2.23. The number of nitrogens with zero attached hydrogens (tertiary/aromatic N) is 2. The highest BCUT2D eigenvalue weighted by Gasteiger charge is 2.16. The van der Waals surface area contributed by atoms with Gasteiger partial charge in [-0.3, -0.25) is 9.71 Å². The van der Waals surface area contributed by atoms with Crippen LogP contribution in [0.25, 0.3) is 0 Å². The van der Waals surface area contributed by atoms with E-state index in [1.807, 2.05) is 18.2 Å². The first-order valence-electron chi connectivity index (χ1n) is 8.25. The van der Waals surface area contributed by atoms with Crippen molar-refractivity contribution in [2.45, 2.75) is 18.4 Å². The molecule has 0 atom stereocenters. The molecular formula is C19H20N4O3S. The smallest absolute Gasteiger partial charge is 0.261 e. The molecule has 0 saturated heterocycles. The quantitative estimate of drug-likeness (QED) is 0.650. The lowest BCUT2D eigenvalue weighted by atomic mass is 10.2. The Morgan fingerprint density at radius 1 is 1.07 bits per heavy atom. The summed E-state index contributed by atoms with van der Waals surface area (Å²) in [7, 11) is -2.16. The van der Waals surface area contributed by atoms with Crippen LogP contribution in [0, 0.1) is 6.92 Å². The lowest BCUT2D eigenvalue weighted by Crippen LogP contribution is -2.13. The monoisotopic (exact) mass is 384 g/mol. The highest BCUT2D eigenvalue weighted by atomic mass is 32.2. The molecule has 1 aromatic carbocycles. The summed E-state index contributed by atoms with van der Waals surface area (Å²) in [5, 5.41) is 3.14. The topological polar surface area (TPSA) is 93.2 Å². The van der Waals surface area contributed by atoms with Gasteiger partial charge in [0.1, 0.15) is 11.6 Å². The Balaban J connectivity index is 1.67. The van der Waals surface area contributed by atoms with Crippen LogP contribution in [0.5, 0.6) is 5.75 Å². The summed E-state index contributed by atoms with van der Waals surface area (Å²) in [5.41, 5.74) is 2.01. The lowest BCUT2D eigenvalue weighted by Gasteiger charge is -2.11. The van der Waals surface area contributed by atoms with E-state index in [0.717, 1.165) is 11.3 Å². The van der Waals surface area contributed by atoms with Gasteiger partial charge in [0.15, 0.2) is 0 Å². The minimum atomic E-state index is -3.70. The number of hydrogen-bond donors (Lipinski definition) is 2. The fraction of sp³-hybridized carbons (Fsp3) is 0.158. The molecular weight excluding hydrogens is 364 g/mol. The van der Waals surface area contributed by atoms with E-state index in [0.29, 0.717) is 23.8 Å². The predicted molar refractivity (Wildman–Crippen MR) is 104 cm³/mol. The zero-order valence-corrected chi connectivity index (χ0v) is 15.8. The van der Waals surface area contributed by atoms with Gasteiger partial charge in [-0.2, -0.15) is 0 Å². The number of ether oxygens (including phenoxy) is 1. The van der Waals surface area contributed by atoms with Crippen LogP contribution in [0.2, 0.25) is 0 Å². The molecule has 3 aromatic rings. The van der Waals surface area contributed by atoms with Crippen LogP contribution in [-0.4, -0.2) is 25.5 Å². The number of nitrogens with one attached hydrogen (secondary N) is 2. The van der Waals surface area contributed by atoms with Crippen LogP contribution >= 0.6 is 0 Å². The molecule has 2 aromatic heterocycles. The van der Waals surface area contributed by atoms with E-state index in [9.17, 15) is 8.42 Å². The maximum absolute atomic E-state index is 12.5. The van der Waals surface area contributed by atoms with E-state index in [1.165, 1.54) is 12.3 Å². The molecule has 0 saturated carbocycles. The van der Waals surface area contributed by atoms with Crippen LogP contribution in [0.1, 0.15) is 11.3 Å². The van der Waals surface area contributed by atoms with Gasteiger partial charge < -0.3 is 10.1 Å². The van der Waals surface area contributed by atoms with Crippen molar-refractivity contribution in [3.8, 4) is 5.75 Å². The number of pyridine rings is 2. The van der Waals surface area contributed by atoms with Gasteiger partial charge in [-0.1, -0.05) is 6.07 Å². The van der Waals surface area contributed by atoms with Gasteiger partial charge in [-0.05, 0) is 55.0 Å². The number of aromatic nitrogens is 2. The van der Waals surface area contributed by atoms with E-state index in [2.05, 4.69) is 20.0 Å². The summed E-state index contributed by atoms with van der Waals surface area (Å²) >= 11 is 0. The van der Waals surface area contributed by atoms with Gasteiger partial charge in [0.2, 0.25) is 0 Å². The second-order valence-corrected chi connectivity index (χ2v) is 7.53. The molecule has 0 aliphatic heterocycles. The van der Waals surface area contributed by atoms with Crippen molar-refractivity contribution in [1.29, 1.82) is 0 Å². The summed E-state index contributed by atoms with van der Waals surface area (Å²) in [6.45, 7) is 2.32. The van der Waals surface area contributed by atoms with Gasteiger partial charge in [0.25, 0.3) is 10.0 Å². The number of hydrogen-bond acceptors (Lipinski definition) is 6. The molecule has 27 heavy (non-hydrogen) atoms. The molecule has 7 nitrogen and oxygen atoms in total. The zero-order chi connectivity index (χ0) is 19.3. The van der Waals surface area contributed by atoms with Crippen molar-refractivity contribution in [3.63, 3.8) is 0 Å². The maximum atomic E-state index is 12.5. The second kappa shape index (κ2) is 8.05. The van der Waals surface area contributed by atoms with E-state index < -0.39 is 10.0 Å². The third-order valence-corrected chi connectivity index (χ3v) is 5.25. The molecule has 0 aliphatic rings.